The zero-order valence-corrected chi connectivity index (χ0v) is 43.9. The molecule has 0 saturated heterocycles. The van der Waals surface area contributed by atoms with Crippen molar-refractivity contribution in [1.82, 2.24) is 9.13 Å². The summed E-state index contributed by atoms with van der Waals surface area (Å²) in [5, 5.41) is 15.7. The molecule has 0 N–H and O–H groups in total. The molecule has 0 aliphatic rings. The summed E-state index contributed by atoms with van der Waals surface area (Å²) in [4.78, 5) is 0. The Morgan fingerprint density at radius 1 is 0.211 bits per heavy atom. The minimum absolute atomic E-state index is 1.15. The monoisotopic (exact) mass is 1000 g/mol. The number of nitrogens with zero attached hydrogens (tertiary/aromatic N) is 2. The summed E-state index contributed by atoms with van der Waals surface area (Å²) in [7, 11) is -6.22. The van der Waals surface area contributed by atoms with E-state index in [9.17, 15) is 0 Å². The third-order valence-corrected chi connectivity index (χ3v) is 25.5. The van der Waals surface area contributed by atoms with E-state index in [0.717, 1.165) is 11.4 Å². The third-order valence-electron chi connectivity index (χ3n) is 16.0. The van der Waals surface area contributed by atoms with Crippen molar-refractivity contribution in [3.05, 3.63) is 315 Å². The normalized spacial score (nSPS) is 11.9. The highest BCUT2D eigenvalue weighted by Gasteiger charge is 2.46. The van der Waals surface area contributed by atoms with Gasteiger partial charge in [0.15, 0.2) is 16.1 Å². The summed E-state index contributed by atoms with van der Waals surface area (Å²) in [5.74, 6) is 0. The maximum atomic E-state index is 2.65. The first-order valence-corrected chi connectivity index (χ1v) is 30.3. The van der Waals surface area contributed by atoms with Crippen LogP contribution in [-0.2, 0) is 0 Å². The molecule has 0 unspecified atom stereocenters. The van der Waals surface area contributed by atoms with E-state index in [4.69, 9.17) is 0 Å². The summed E-state index contributed by atoms with van der Waals surface area (Å²) in [6.45, 7) is 0. The summed E-state index contributed by atoms with van der Waals surface area (Å²) >= 11 is 0. The summed E-state index contributed by atoms with van der Waals surface area (Å²) in [6, 6.07) is 119. The molecule has 2 aromatic heterocycles. The fraction of sp³-hybridized carbons (Fsp3) is 0. The SMILES string of the molecule is c1ccc([Si](c2ccccc2)(c2ccccc2)c2cc(-n3c4ccccc4c4cc(-c5ccccc5-n5c6ccccc6c6ccccc65)ccc43)cc([Si](c3ccccc3)(c3ccccc3)c3ccccc3)c2)cc1. The highest BCUT2D eigenvalue weighted by atomic mass is 28.3. The first kappa shape index (κ1) is 45.3. The lowest BCUT2D eigenvalue weighted by Crippen LogP contribution is -2.78. The van der Waals surface area contributed by atoms with E-state index in [1.165, 1.54) is 96.2 Å². The smallest absolute Gasteiger partial charge is 0.179 e. The third kappa shape index (κ3) is 7.14. The van der Waals surface area contributed by atoms with Gasteiger partial charge in [0.1, 0.15) is 0 Å². The van der Waals surface area contributed by atoms with Crippen molar-refractivity contribution in [2.75, 3.05) is 0 Å². The lowest BCUT2D eigenvalue weighted by molar-refractivity contribution is 1.18. The van der Waals surface area contributed by atoms with Gasteiger partial charge in [-0.05, 0) is 95.6 Å². The number of aromatic nitrogens is 2. The Labute approximate surface area is 445 Å². The second kappa shape index (κ2) is 18.9. The Morgan fingerprint density at radius 3 is 0.934 bits per heavy atom. The van der Waals surface area contributed by atoms with Crippen LogP contribution in [0.1, 0.15) is 0 Å². The molecular formula is C72H52N2Si2. The van der Waals surface area contributed by atoms with E-state index in [1.54, 1.807) is 0 Å². The van der Waals surface area contributed by atoms with E-state index in [2.05, 4.69) is 325 Å². The summed E-state index contributed by atoms with van der Waals surface area (Å²) in [6.07, 6.45) is 0. The average Bonchev–Trinajstić information content (AvgIpc) is 4.03. The molecule has 0 aliphatic carbocycles. The molecule has 0 amide bonds. The quantitative estimate of drug-likeness (QED) is 0.0903. The molecule has 4 heteroatoms. The van der Waals surface area contributed by atoms with Crippen molar-refractivity contribution in [1.29, 1.82) is 0 Å². The molecule has 358 valence electrons. The Morgan fingerprint density at radius 2 is 0.526 bits per heavy atom. The van der Waals surface area contributed by atoms with Crippen LogP contribution in [0.15, 0.2) is 315 Å². The van der Waals surface area contributed by atoms with Crippen LogP contribution in [0.25, 0.3) is 66.1 Å². The van der Waals surface area contributed by atoms with E-state index in [0.29, 0.717) is 0 Å². The number of benzene rings is 12. The van der Waals surface area contributed by atoms with Gasteiger partial charge in [-0.1, -0.05) is 267 Å². The van der Waals surface area contributed by atoms with E-state index >= 15 is 0 Å². The van der Waals surface area contributed by atoms with Gasteiger partial charge < -0.3 is 9.13 Å². The number of hydrogen-bond donors (Lipinski definition) is 0. The van der Waals surface area contributed by atoms with Crippen LogP contribution in [0.4, 0.5) is 0 Å². The predicted molar refractivity (Wildman–Crippen MR) is 328 cm³/mol. The van der Waals surface area contributed by atoms with Crippen LogP contribution in [-0.4, -0.2) is 25.3 Å². The number of fused-ring (bicyclic) bond motifs is 6. The van der Waals surface area contributed by atoms with Crippen molar-refractivity contribution in [2.45, 2.75) is 0 Å². The van der Waals surface area contributed by atoms with Gasteiger partial charge in [-0.2, -0.15) is 0 Å². The zero-order valence-electron chi connectivity index (χ0n) is 41.9. The lowest BCUT2D eigenvalue weighted by atomic mass is 10.0. The molecule has 0 spiro atoms. The minimum Gasteiger partial charge on any atom is -0.309 e. The Kier molecular flexibility index (Phi) is 11.2. The molecule has 0 radical (unpaired) electrons. The summed E-state index contributed by atoms with van der Waals surface area (Å²) in [5.41, 5.74) is 9.41. The number of rotatable bonds is 11. The molecule has 0 aliphatic heterocycles. The first-order valence-electron chi connectivity index (χ1n) is 26.3. The van der Waals surface area contributed by atoms with Crippen LogP contribution in [0.5, 0.6) is 0 Å². The zero-order chi connectivity index (χ0) is 50.5. The van der Waals surface area contributed by atoms with Crippen LogP contribution >= 0.6 is 0 Å². The van der Waals surface area contributed by atoms with Crippen LogP contribution < -0.4 is 41.5 Å². The molecule has 12 aromatic carbocycles. The number of para-hydroxylation sites is 4. The van der Waals surface area contributed by atoms with Gasteiger partial charge in [-0.25, -0.2) is 0 Å². The molecule has 2 heterocycles. The maximum Gasteiger partial charge on any atom is 0.179 e. The van der Waals surface area contributed by atoms with Gasteiger partial charge in [0.05, 0.1) is 27.8 Å². The van der Waals surface area contributed by atoms with Gasteiger partial charge in [0.25, 0.3) is 0 Å². The van der Waals surface area contributed by atoms with Crippen LogP contribution in [0.2, 0.25) is 0 Å². The van der Waals surface area contributed by atoms with Gasteiger partial charge in [-0.15, -0.1) is 0 Å². The fourth-order valence-corrected chi connectivity index (χ4v) is 22.6. The number of hydrogen-bond acceptors (Lipinski definition) is 0. The highest BCUT2D eigenvalue weighted by molar-refractivity contribution is 7.22. The molecule has 14 rings (SSSR count). The second-order valence-electron chi connectivity index (χ2n) is 19.9. The molecular weight excluding hydrogens is 949 g/mol. The van der Waals surface area contributed by atoms with Crippen molar-refractivity contribution < 1.29 is 0 Å². The van der Waals surface area contributed by atoms with E-state index in [1.807, 2.05) is 0 Å². The second-order valence-corrected chi connectivity index (χ2v) is 27.6. The van der Waals surface area contributed by atoms with Crippen molar-refractivity contribution in [3.8, 4) is 22.5 Å². The molecule has 0 fully saturated rings. The molecule has 2 nitrogen and oxygen atoms in total. The molecule has 0 atom stereocenters. The molecule has 76 heavy (non-hydrogen) atoms. The molecule has 14 aromatic rings. The lowest BCUT2D eigenvalue weighted by Gasteiger charge is -2.38. The van der Waals surface area contributed by atoms with Crippen LogP contribution in [0, 0.1) is 0 Å². The van der Waals surface area contributed by atoms with Gasteiger partial charge >= 0.3 is 0 Å². The van der Waals surface area contributed by atoms with Gasteiger partial charge in [0.2, 0.25) is 0 Å². The molecule has 0 bridgehead atoms. The van der Waals surface area contributed by atoms with Crippen molar-refractivity contribution in [3.63, 3.8) is 0 Å². The fourth-order valence-electron chi connectivity index (χ4n) is 12.8. The maximum absolute atomic E-state index is 3.11. The Balaban J connectivity index is 1.10. The molecule has 0 saturated carbocycles. The van der Waals surface area contributed by atoms with Crippen molar-refractivity contribution >= 4 is 101 Å². The first-order chi connectivity index (χ1) is 37.7. The predicted octanol–water partition coefficient (Wildman–Crippen LogP) is 12.3. The van der Waals surface area contributed by atoms with Crippen LogP contribution in [0.3, 0.4) is 0 Å². The minimum atomic E-state index is -3.11. The average molecular weight is 1000 g/mol. The summed E-state index contributed by atoms with van der Waals surface area (Å²) < 4.78 is 5.02. The topological polar surface area (TPSA) is 9.86 Å². The highest BCUT2D eigenvalue weighted by Crippen LogP contribution is 2.39. The largest absolute Gasteiger partial charge is 0.309 e. The van der Waals surface area contributed by atoms with E-state index < -0.39 is 16.1 Å². The van der Waals surface area contributed by atoms with Crippen molar-refractivity contribution in [2.24, 2.45) is 0 Å². The standard InChI is InChI=1S/C72H52N2Si2/c1-7-27-55(28-8-1)75(56-29-9-2-10-30-56,57-31-11-3-12-32-57)61-50-54(51-62(52-61)76(58-33-13-4-14-34-58,59-35-15-5-16-36-59)60-37-17-6-18-38-60)73-69-44-24-22-42-66(69)67-49-53(47-48-72(67)73)63-39-19-23-43-68(63)74-70-45-25-20-40-64(70)65-41-21-26-46-71(65)74/h1-52H. The Bertz CT molecular complexity index is 3990. The van der Waals surface area contributed by atoms with Gasteiger partial charge in [0, 0.05) is 32.8 Å². The Hall–Kier alpha value is -9.33. The van der Waals surface area contributed by atoms with E-state index in [-0.39, 0.29) is 0 Å². The van der Waals surface area contributed by atoms with Gasteiger partial charge in [-0.3, -0.25) is 0 Å².